The van der Waals surface area contributed by atoms with Gasteiger partial charge in [0.05, 0.1) is 6.20 Å². The Kier molecular flexibility index (Phi) is 2.76. The number of aryl methyl sites for hydroxylation is 2. The lowest BCUT2D eigenvalue weighted by atomic mass is 10.4. The molecule has 0 radical (unpaired) electrons. The number of nitrogens with zero attached hydrogens (tertiary/aromatic N) is 2. The number of aromatic nitrogens is 3. The number of nitrogens with one attached hydrogen (secondary N) is 2. The molecule has 2 rings (SSSR count). The van der Waals surface area contributed by atoms with Crippen molar-refractivity contribution < 1.29 is 4.79 Å². The zero-order valence-corrected chi connectivity index (χ0v) is 9.32. The van der Waals surface area contributed by atoms with Crippen molar-refractivity contribution in [2.75, 3.05) is 5.32 Å². The molecule has 5 heteroatoms. The van der Waals surface area contributed by atoms with Gasteiger partial charge in [0.15, 0.2) is 0 Å². The molecule has 2 heterocycles. The van der Waals surface area contributed by atoms with Crippen LogP contribution in [-0.2, 0) is 11.3 Å². The molecule has 2 aromatic rings. The minimum absolute atomic E-state index is 0.0633. The highest BCUT2D eigenvalue weighted by molar-refractivity contribution is 5.89. The van der Waals surface area contributed by atoms with Crippen LogP contribution in [-0.4, -0.2) is 20.7 Å². The van der Waals surface area contributed by atoms with Crippen LogP contribution in [0.3, 0.4) is 0 Å². The zero-order chi connectivity index (χ0) is 11.5. The Bertz CT molecular complexity index is 465. The molecule has 0 spiro atoms. The second kappa shape index (κ2) is 4.22. The molecule has 0 unspecified atom stereocenters. The summed E-state index contributed by atoms with van der Waals surface area (Å²) in [4.78, 5) is 11.7. The van der Waals surface area contributed by atoms with Crippen LogP contribution < -0.4 is 5.32 Å². The third-order valence-electron chi connectivity index (χ3n) is 2.49. The standard InChI is InChI=1S/C11H14N4O/c1-8-3-4-9(2)15(8)7-11(16)13-10-5-6-12-14-10/h3-6H,7H2,1-2H3,(H2,12,13,14,16). The number of H-pyrrole nitrogens is 1. The molecule has 2 aromatic heterocycles. The second-order valence-corrected chi connectivity index (χ2v) is 3.72. The van der Waals surface area contributed by atoms with Crippen molar-refractivity contribution in [2.45, 2.75) is 20.4 Å². The van der Waals surface area contributed by atoms with Crippen LogP contribution in [0.4, 0.5) is 5.82 Å². The minimum atomic E-state index is -0.0633. The Labute approximate surface area is 93.5 Å². The quantitative estimate of drug-likeness (QED) is 0.819. The van der Waals surface area contributed by atoms with Crippen molar-refractivity contribution >= 4 is 11.7 Å². The average molecular weight is 218 g/mol. The number of aromatic amines is 1. The summed E-state index contributed by atoms with van der Waals surface area (Å²) in [6.07, 6.45) is 1.60. The van der Waals surface area contributed by atoms with Crippen molar-refractivity contribution in [3.63, 3.8) is 0 Å². The van der Waals surface area contributed by atoms with Gasteiger partial charge in [-0.25, -0.2) is 0 Å². The van der Waals surface area contributed by atoms with Gasteiger partial charge in [-0.2, -0.15) is 5.10 Å². The van der Waals surface area contributed by atoms with Gasteiger partial charge >= 0.3 is 0 Å². The van der Waals surface area contributed by atoms with Gasteiger partial charge in [-0.15, -0.1) is 0 Å². The van der Waals surface area contributed by atoms with Gasteiger partial charge < -0.3 is 9.88 Å². The summed E-state index contributed by atoms with van der Waals surface area (Å²) in [5.74, 6) is 0.555. The van der Waals surface area contributed by atoms with E-state index in [1.807, 2.05) is 30.5 Å². The minimum Gasteiger partial charge on any atom is -0.340 e. The normalized spacial score (nSPS) is 10.4. The van der Waals surface area contributed by atoms with Crippen molar-refractivity contribution in [3.05, 3.63) is 35.8 Å². The maximum atomic E-state index is 11.7. The predicted molar refractivity (Wildman–Crippen MR) is 61.1 cm³/mol. The SMILES string of the molecule is Cc1ccc(C)n1CC(=O)Nc1ccn[nH]1. The number of carbonyl (C=O) groups excluding carboxylic acids is 1. The third kappa shape index (κ3) is 2.13. The molecule has 5 nitrogen and oxygen atoms in total. The van der Waals surface area contributed by atoms with E-state index in [-0.39, 0.29) is 5.91 Å². The van der Waals surface area contributed by atoms with E-state index < -0.39 is 0 Å². The molecule has 0 aliphatic heterocycles. The Morgan fingerprint density at radius 3 is 2.62 bits per heavy atom. The van der Waals surface area contributed by atoms with Crippen LogP contribution in [0.25, 0.3) is 0 Å². The van der Waals surface area contributed by atoms with Gasteiger partial charge in [-0.1, -0.05) is 0 Å². The van der Waals surface area contributed by atoms with Crippen molar-refractivity contribution in [3.8, 4) is 0 Å². The largest absolute Gasteiger partial charge is 0.340 e. The van der Waals surface area contributed by atoms with E-state index in [1.165, 1.54) is 0 Å². The molecule has 0 aromatic carbocycles. The predicted octanol–water partition coefficient (Wildman–Crippen LogP) is 1.47. The van der Waals surface area contributed by atoms with Gasteiger partial charge in [-0.05, 0) is 26.0 Å². The molecule has 0 atom stereocenters. The van der Waals surface area contributed by atoms with Crippen molar-refractivity contribution in [2.24, 2.45) is 0 Å². The Morgan fingerprint density at radius 1 is 1.38 bits per heavy atom. The highest BCUT2D eigenvalue weighted by atomic mass is 16.2. The van der Waals surface area contributed by atoms with Crippen molar-refractivity contribution in [1.82, 2.24) is 14.8 Å². The first-order valence-electron chi connectivity index (χ1n) is 5.09. The molecule has 0 bridgehead atoms. The fourth-order valence-corrected chi connectivity index (χ4v) is 1.61. The first kappa shape index (κ1) is 10.5. The lowest BCUT2D eigenvalue weighted by molar-refractivity contribution is -0.116. The molecule has 0 saturated heterocycles. The summed E-state index contributed by atoms with van der Waals surface area (Å²) >= 11 is 0. The Balaban J connectivity index is 2.03. The van der Waals surface area contributed by atoms with Gasteiger partial charge in [0.25, 0.3) is 0 Å². The summed E-state index contributed by atoms with van der Waals surface area (Å²) in [6.45, 7) is 4.29. The van der Waals surface area contributed by atoms with Gasteiger partial charge in [0, 0.05) is 17.5 Å². The molecule has 0 aliphatic carbocycles. The number of carbonyl (C=O) groups is 1. The maximum absolute atomic E-state index is 11.7. The van der Waals surface area contributed by atoms with Gasteiger partial charge in [0.1, 0.15) is 12.4 Å². The third-order valence-corrected chi connectivity index (χ3v) is 2.49. The molecule has 16 heavy (non-hydrogen) atoms. The number of hydrogen-bond acceptors (Lipinski definition) is 2. The maximum Gasteiger partial charge on any atom is 0.245 e. The lowest BCUT2D eigenvalue weighted by Crippen LogP contribution is -2.20. The summed E-state index contributed by atoms with van der Waals surface area (Å²) in [5, 5.41) is 9.18. The molecule has 0 fully saturated rings. The number of rotatable bonds is 3. The molecule has 84 valence electrons. The molecular formula is C11H14N4O. The Hall–Kier alpha value is -2.04. The van der Waals surface area contributed by atoms with Crippen LogP contribution in [0.2, 0.25) is 0 Å². The summed E-state index contributed by atoms with van der Waals surface area (Å²) < 4.78 is 1.96. The molecule has 1 amide bonds. The van der Waals surface area contributed by atoms with Crippen LogP contribution in [0.5, 0.6) is 0 Å². The number of amides is 1. The van der Waals surface area contributed by atoms with Crippen LogP contribution in [0, 0.1) is 13.8 Å². The van der Waals surface area contributed by atoms with Crippen molar-refractivity contribution in [1.29, 1.82) is 0 Å². The smallest absolute Gasteiger partial charge is 0.245 e. The molecule has 2 N–H and O–H groups in total. The first-order valence-corrected chi connectivity index (χ1v) is 5.09. The fraction of sp³-hybridized carbons (Fsp3) is 0.273. The van der Waals surface area contributed by atoms with Gasteiger partial charge in [-0.3, -0.25) is 9.89 Å². The van der Waals surface area contributed by atoms with Crippen LogP contribution in [0.15, 0.2) is 24.4 Å². The van der Waals surface area contributed by atoms with E-state index in [4.69, 9.17) is 0 Å². The lowest BCUT2D eigenvalue weighted by Gasteiger charge is -2.08. The van der Waals surface area contributed by atoms with E-state index >= 15 is 0 Å². The summed E-state index contributed by atoms with van der Waals surface area (Å²) in [7, 11) is 0. The molecule has 0 saturated carbocycles. The van der Waals surface area contributed by atoms with Gasteiger partial charge in [0.2, 0.25) is 5.91 Å². The highest BCUT2D eigenvalue weighted by Gasteiger charge is 2.07. The monoisotopic (exact) mass is 218 g/mol. The van der Waals surface area contributed by atoms with Crippen LogP contribution in [0.1, 0.15) is 11.4 Å². The first-order chi connectivity index (χ1) is 7.66. The van der Waals surface area contributed by atoms with E-state index in [2.05, 4.69) is 15.5 Å². The summed E-state index contributed by atoms with van der Waals surface area (Å²) in [6, 6.07) is 5.71. The molecule has 0 aliphatic rings. The fourth-order valence-electron chi connectivity index (χ4n) is 1.61. The van der Waals surface area contributed by atoms with E-state index in [1.54, 1.807) is 12.3 Å². The number of anilines is 1. The topological polar surface area (TPSA) is 62.7 Å². The molecular weight excluding hydrogens is 204 g/mol. The number of hydrogen-bond donors (Lipinski definition) is 2. The average Bonchev–Trinajstić information content (AvgIpc) is 2.83. The van der Waals surface area contributed by atoms with E-state index in [0.29, 0.717) is 12.4 Å². The highest BCUT2D eigenvalue weighted by Crippen LogP contribution is 2.07. The van der Waals surface area contributed by atoms with E-state index in [0.717, 1.165) is 11.4 Å². The summed E-state index contributed by atoms with van der Waals surface area (Å²) in [5.41, 5.74) is 2.16. The second-order valence-electron chi connectivity index (χ2n) is 3.72. The zero-order valence-electron chi connectivity index (χ0n) is 9.32. The Morgan fingerprint density at radius 2 is 2.06 bits per heavy atom. The van der Waals surface area contributed by atoms with Crippen LogP contribution >= 0.6 is 0 Å². The van der Waals surface area contributed by atoms with E-state index in [9.17, 15) is 4.79 Å².